The first-order valence-corrected chi connectivity index (χ1v) is 6.29. The van der Waals surface area contributed by atoms with Gasteiger partial charge in [-0.15, -0.1) is 10.2 Å². The smallest absolute Gasteiger partial charge is 0.140 e. The molecular weight excluding hydrogens is 268 g/mol. The van der Waals surface area contributed by atoms with E-state index in [0.29, 0.717) is 23.6 Å². The number of nitrogens with zero attached hydrogens (tertiary/aromatic N) is 6. The lowest BCUT2D eigenvalue weighted by atomic mass is 10.3. The lowest BCUT2D eigenvalue weighted by Gasteiger charge is -2.15. The fraction of sp³-hybridized carbons (Fsp3) is 0.214. The summed E-state index contributed by atoms with van der Waals surface area (Å²) in [5, 5.41) is 25.6. The average Bonchev–Trinajstić information content (AvgIpc) is 2.54. The number of azo groups is 1. The molecule has 0 saturated carbocycles. The van der Waals surface area contributed by atoms with Gasteiger partial charge in [0.1, 0.15) is 29.0 Å². The molecule has 0 aliphatic heterocycles. The van der Waals surface area contributed by atoms with Crippen LogP contribution in [0, 0.1) is 11.3 Å². The van der Waals surface area contributed by atoms with Crippen LogP contribution in [0.2, 0.25) is 0 Å². The van der Waals surface area contributed by atoms with Crippen molar-refractivity contribution in [2.45, 2.75) is 0 Å². The Kier molecular flexibility index (Phi) is 4.90. The molecule has 0 aromatic carbocycles. The van der Waals surface area contributed by atoms with Gasteiger partial charge in [0.25, 0.3) is 0 Å². The monoisotopic (exact) mass is 282 g/mol. The molecule has 21 heavy (non-hydrogen) atoms. The molecule has 2 aromatic rings. The van der Waals surface area contributed by atoms with Gasteiger partial charge in [0.15, 0.2) is 0 Å². The maximum absolute atomic E-state index is 8.87. The summed E-state index contributed by atoms with van der Waals surface area (Å²) in [4.78, 5) is 9.98. The van der Waals surface area contributed by atoms with Crippen LogP contribution in [0.25, 0.3) is 0 Å². The molecule has 0 aliphatic rings. The molecule has 0 atom stereocenters. The third-order valence-electron chi connectivity index (χ3n) is 2.70. The maximum Gasteiger partial charge on any atom is 0.140 e. The van der Waals surface area contributed by atoms with Crippen molar-refractivity contribution in [3.05, 3.63) is 42.4 Å². The predicted octanol–water partition coefficient (Wildman–Crippen LogP) is 2.19. The molecule has 7 heteroatoms. The highest BCUT2D eigenvalue weighted by atomic mass is 16.3. The first-order chi connectivity index (χ1) is 10.2. The average molecular weight is 282 g/mol. The number of hydrogen-bond donors (Lipinski definition) is 1. The van der Waals surface area contributed by atoms with Crippen LogP contribution < -0.4 is 4.90 Å². The van der Waals surface area contributed by atoms with Gasteiger partial charge in [0, 0.05) is 13.6 Å². The van der Waals surface area contributed by atoms with Gasteiger partial charge < -0.3 is 10.0 Å². The molecule has 0 aliphatic carbocycles. The van der Waals surface area contributed by atoms with Crippen molar-refractivity contribution in [2.24, 2.45) is 10.2 Å². The summed E-state index contributed by atoms with van der Waals surface area (Å²) < 4.78 is 0. The Morgan fingerprint density at radius 2 is 1.81 bits per heavy atom. The van der Waals surface area contributed by atoms with E-state index in [1.54, 1.807) is 30.5 Å². The van der Waals surface area contributed by atoms with Crippen molar-refractivity contribution in [3.8, 4) is 6.07 Å². The van der Waals surface area contributed by atoms with Crippen molar-refractivity contribution in [2.75, 3.05) is 25.1 Å². The van der Waals surface area contributed by atoms with E-state index in [1.807, 2.05) is 18.0 Å². The van der Waals surface area contributed by atoms with Gasteiger partial charge in [0.2, 0.25) is 0 Å². The maximum atomic E-state index is 8.87. The minimum atomic E-state index is 0.0747. The van der Waals surface area contributed by atoms with Crippen LogP contribution in [-0.4, -0.2) is 35.3 Å². The van der Waals surface area contributed by atoms with E-state index in [4.69, 9.17) is 10.4 Å². The number of aliphatic hydroxyl groups excluding tert-OH is 1. The van der Waals surface area contributed by atoms with Crippen molar-refractivity contribution >= 4 is 17.2 Å². The largest absolute Gasteiger partial charge is 0.395 e. The highest BCUT2D eigenvalue weighted by Gasteiger charge is 2.01. The zero-order chi connectivity index (χ0) is 15.1. The SMILES string of the molecule is CN(CCO)c1ccc(/N=N/c2ccc(C#N)nc2)cn1. The molecule has 0 unspecified atom stereocenters. The normalized spacial score (nSPS) is 10.5. The Morgan fingerprint density at radius 1 is 1.14 bits per heavy atom. The lowest BCUT2D eigenvalue weighted by molar-refractivity contribution is 0.304. The van der Waals surface area contributed by atoms with E-state index >= 15 is 0 Å². The lowest BCUT2D eigenvalue weighted by Crippen LogP contribution is -2.21. The topological polar surface area (TPSA) is 97.8 Å². The van der Waals surface area contributed by atoms with Gasteiger partial charge in [-0.1, -0.05) is 0 Å². The van der Waals surface area contributed by atoms with Crippen LogP contribution in [0.4, 0.5) is 17.2 Å². The van der Waals surface area contributed by atoms with Crippen LogP contribution in [-0.2, 0) is 0 Å². The highest BCUT2D eigenvalue weighted by Crippen LogP contribution is 2.19. The molecule has 0 radical (unpaired) electrons. The first-order valence-electron chi connectivity index (χ1n) is 6.29. The number of nitriles is 1. The van der Waals surface area contributed by atoms with Gasteiger partial charge in [-0.2, -0.15) is 5.26 Å². The Hall–Kier alpha value is -2.85. The molecule has 1 N–H and O–H groups in total. The van der Waals surface area contributed by atoms with Crippen LogP contribution >= 0.6 is 0 Å². The Balaban J connectivity index is 2.05. The summed E-state index contributed by atoms with van der Waals surface area (Å²) >= 11 is 0. The minimum Gasteiger partial charge on any atom is -0.395 e. The van der Waals surface area contributed by atoms with E-state index in [0.717, 1.165) is 5.82 Å². The highest BCUT2D eigenvalue weighted by molar-refractivity contribution is 5.45. The number of pyridine rings is 2. The summed E-state index contributed by atoms with van der Waals surface area (Å²) in [5.41, 5.74) is 1.52. The summed E-state index contributed by atoms with van der Waals surface area (Å²) in [7, 11) is 1.85. The fourth-order valence-corrected chi connectivity index (χ4v) is 1.55. The van der Waals surface area contributed by atoms with E-state index in [1.165, 1.54) is 6.20 Å². The predicted molar refractivity (Wildman–Crippen MR) is 77.7 cm³/mol. The Labute approximate surface area is 122 Å². The molecular formula is C14H14N6O. The molecule has 0 bridgehead atoms. The number of hydrogen-bond acceptors (Lipinski definition) is 7. The summed E-state index contributed by atoms with van der Waals surface area (Å²) in [6.07, 6.45) is 3.09. The molecule has 7 nitrogen and oxygen atoms in total. The fourth-order valence-electron chi connectivity index (χ4n) is 1.55. The molecule has 0 saturated heterocycles. The molecule has 106 valence electrons. The van der Waals surface area contributed by atoms with Gasteiger partial charge >= 0.3 is 0 Å². The standard InChI is InChI=1S/C14H14N6O/c1-20(6-7-21)14-5-4-13(10-17-14)19-18-12-3-2-11(8-15)16-9-12/h2-5,9-10,21H,6-7H2,1H3/b19-18+. The second-order valence-corrected chi connectivity index (χ2v) is 4.23. The quantitative estimate of drug-likeness (QED) is 0.848. The van der Waals surface area contributed by atoms with E-state index < -0.39 is 0 Å². The van der Waals surface area contributed by atoms with E-state index in [-0.39, 0.29) is 6.61 Å². The zero-order valence-electron chi connectivity index (χ0n) is 11.5. The molecule has 2 aromatic heterocycles. The van der Waals surface area contributed by atoms with Crippen molar-refractivity contribution in [1.29, 1.82) is 5.26 Å². The molecule has 2 heterocycles. The second-order valence-electron chi connectivity index (χ2n) is 4.23. The van der Waals surface area contributed by atoms with E-state index in [2.05, 4.69) is 20.2 Å². The van der Waals surface area contributed by atoms with Crippen LogP contribution in [0.3, 0.4) is 0 Å². The first kappa shape index (κ1) is 14.6. The number of aromatic nitrogens is 2. The molecule has 0 fully saturated rings. The minimum absolute atomic E-state index is 0.0747. The Morgan fingerprint density at radius 3 is 2.29 bits per heavy atom. The molecule has 0 spiro atoms. The molecule has 0 amide bonds. The van der Waals surface area contributed by atoms with Gasteiger partial charge in [-0.25, -0.2) is 9.97 Å². The van der Waals surface area contributed by atoms with Crippen molar-refractivity contribution < 1.29 is 5.11 Å². The number of anilines is 1. The van der Waals surface area contributed by atoms with E-state index in [9.17, 15) is 0 Å². The summed E-state index contributed by atoms with van der Waals surface area (Å²) in [5.74, 6) is 0.753. The number of likely N-dealkylation sites (N-methyl/N-ethyl adjacent to an activating group) is 1. The zero-order valence-corrected chi connectivity index (χ0v) is 11.5. The second kappa shape index (κ2) is 7.07. The van der Waals surface area contributed by atoms with Gasteiger partial charge in [-0.05, 0) is 24.3 Å². The van der Waals surface area contributed by atoms with Gasteiger partial charge in [-0.3, -0.25) is 0 Å². The van der Waals surface area contributed by atoms with Crippen LogP contribution in [0.15, 0.2) is 46.9 Å². The summed E-state index contributed by atoms with van der Waals surface area (Å²) in [6.45, 7) is 0.593. The third kappa shape index (κ3) is 4.06. The van der Waals surface area contributed by atoms with Crippen LogP contribution in [0.5, 0.6) is 0 Å². The number of rotatable bonds is 5. The van der Waals surface area contributed by atoms with Crippen molar-refractivity contribution in [1.82, 2.24) is 9.97 Å². The van der Waals surface area contributed by atoms with Crippen molar-refractivity contribution in [3.63, 3.8) is 0 Å². The Bertz CT molecular complexity index is 645. The number of aliphatic hydroxyl groups is 1. The van der Waals surface area contributed by atoms with Gasteiger partial charge in [0.05, 0.1) is 19.0 Å². The summed E-state index contributed by atoms with van der Waals surface area (Å²) in [6, 6.07) is 8.79. The third-order valence-corrected chi connectivity index (χ3v) is 2.70. The molecule has 2 rings (SSSR count). The van der Waals surface area contributed by atoms with Crippen LogP contribution in [0.1, 0.15) is 5.69 Å².